The fraction of sp³-hybridized carbons (Fsp3) is 0.500. The molecule has 84 valence electrons. The number of benzene rings is 1. The number of hydrogen-bond acceptors (Lipinski definition) is 2. The van der Waals surface area contributed by atoms with Crippen LogP contribution >= 0.6 is 0 Å². The van der Waals surface area contributed by atoms with Gasteiger partial charge in [0.1, 0.15) is 5.82 Å². The first-order chi connectivity index (χ1) is 7.27. The van der Waals surface area contributed by atoms with Crippen molar-refractivity contribution in [1.82, 2.24) is 5.32 Å². The lowest BCUT2D eigenvalue weighted by Gasteiger charge is -2.16. The second-order valence-electron chi connectivity index (χ2n) is 3.64. The van der Waals surface area contributed by atoms with E-state index >= 15 is 0 Å². The van der Waals surface area contributed by atoms with Gasteiger partial charge in [0.15, 0.2) is 0 Å². The Kier molecular flexibility index (Phi) is 5.29. The van der Waals surface area contributed by atoms with Gasteiger partial charge in [0.2, 0.25) is 0 Å². The van der Waals surface area contributed by atoms with E-state index in [2.05, 4.69) is 12.2 Å². The molecule has 0 saturated heterocycles. The van der Waals surface area contributed by atoms with E-state index in [1.807, 2.05) is 12.1 Å². The van der Waals surface area contributed by atoms with Crippen molar-refractivity contribution in [1.29, 1.82) is 0 Å². The van der Waals surface area contributed by atoms with Crippen LogP contribution in [0.15, 0.2) is 24.3 Å². The molecule has 0 radical (unpaired) electrons. The van der Waals surface area contributed by atoms with E-state index in [0.717, 1.165) is 24.9 Å². The van der Waals surface area contributed by atoms with Crippen molar-refractivity contribution < 1.29 is 4.39 Å². The van der Waals surface area contributed by atoms with Gasteiger partial charge in [-0.05, 0) is 24.5 Å². The zero-order valence-electron chi connectivity index (χ0n) is 9.17. The lowest BCUT2D eigenvalue weighted by atomic mass is 10.0. The maximum absolute atomic E-state index is 13.4. The van der Waals surface area contributed by atoms with Crippen LogP contribution in [0.5, 0.6) is 0 Å². The van der Waals surface area contributed by atoms with Gasteiger partial charge in [0, 0.05) is 19.1 Å². The molecule has 0 spiro atoms. The number of nitrogens with two attached hydrogens (primary N) is 1. The highest BCUT2D eigenvalue weighted by Crippen LogP contribution is 2.10. The third-order valence-corrected chi connectivity index (χ3v) is 2.49. The van der Waals surface area contributed by atoms with Crippen LogP contribution in [0.25, 0.3) is 0 Å². The van der Waals surface area contributed by atoms with Gasteiger partial charge in [-0.15, -0.1) is 0 Å². The van der Waals surface area contributed by atoms with Crippen molar-refractivity contribution in [3.63, 3.8) is 0 Å². The van der Waals surface area contributed by atoms with Gasteiger partial charge in [0.25, 0.3) is 0 Å². The van der Waals surface area contributed by atoms with Gasteiger partial charge >= 0.3 is 0 Å². The molecule has 0 heterocycles. The lowest BCUT2D eigenvalue weighted by molar-refractivity contribution is 0.489. The smallest absolute Gasteiger partial charge is 0.126 e. The molecule has 0 aliphatic carbocycles. The molecule has 1 rings (SSSR count). The summed E-state index contributed by atoms with van der Waals surface area (Å²) in [5.74, 6) is -0.120. The van der Waals surface area contributed by atoms with E-state index in [0.29, 0.717) is 12.6 Å². The zero-order valence-corrected chi connectivity index (χ0v) is 9.17. The first kappa shape index (κ1) is 12.1. The highest BCUT2D eigenvalue weighted by atomic mass is 19.1. The quantitative estimate of drug-likeness (QED) is 0.750. The average molecular weight is 210 g/mol. The first-order valence-corrected chi connectivity index (χ1v) is 5.44. The van der Waals surface area contributed by atoms with Crippen molar-refractivity contribution in [2.24, 2.45) is 5.73 Å². The molecule has 0 aromatic heterocycles. The highest BCUT2D eigenvalue weighted by Gasteiger charge is 2.08. The lowest BCUT2D eigenvalue weighted by Crippen LogP contribution is -2.34. The third kappa shape index (κ3) is 3.98. The maximum Gasteiger partial charge on any atom is 0.126 e. The maximum atomic E-state index is 13.4. The Balaban J connectivity index is 2.54. The van der Waals surface area contributed by atoms with Crippen molar-refractivity contribution in [3.8, 4) is 0 Å². The monoisotopic (exact) mass is 210 g/mol. The van der Waals surface area contributed by atoms with Crippen LogP contribution in [0.3, 0.4) is 0 Å². The minimum absolute atomic E-state index is 0.120. The molecule has 1 aromatic rings. The summed E-state index contributed by atoms with van der Waals surface area (Å²) in [6.07, 6.45) is 1.71. The molecule has 3 N–H and O–H groups in total. The number of rotatable bonds is 6. The van der Waals surface area contributed by atoms with E-state index in [1.54, 1.807) is 6.07 Å². The predicted molar refractivity (Wildman–Crippen MR) is 61.2 cm³/mol. The van der Waals surface area contributed by atoms with E-state index in [-0.39, 0.29) is 5.82 Å². The van der Waals surface area contributed by atoms with E-state index < -0.39 is 0 Å². The number of nitrogens with one attached hydrogen (secondary N) is 1. The Hall–Kier alpha value is -0.930. The second kappa shape index (κ2) is 6.53. The van der Waals surface area contributed by atoms with Gasteiger partial charge in [0.05, 0.1) is 0 Å². The molecule has 1 atom stereocenters. The Morgan fingerprint density at radius 2 is 2.13 bits per heavy atom. The molecule has 0 aliphatic heterocycles. The van der Waals surface area contributed by atoms with Crippen LogP contribution in [0, 0.1) is 5.82 Å². The minimum atomic E-state index is -0.120. The molecular formula is C12H19FN2. The van der Waals surface area contributed by atoms with Gasteiger partial charge in [-0.3, -0.25) is 0 Å². The highest BCUT2D eigenvalue weighted by molar-refractivity contribution is 5.18. The predicted octanol–water partition coefficient (Wildman–Crippen LogP) is 1.70. The summed E-state index contributed by atoms with van der Waals surface area (Å²) in [5, 5.41) is 3.30. The third-order valence-electron chi connectivity index (χ3n) is 2.49. The summed E-state index contributed by atoms with van der Waals surface area (Å²) in [7, 11) is 0. The SMILES string of the molecule is CCC(Cc1ccccc1F)NCCN. The van der Waals surface area contributed by atoms with Gasteiger partial charge < -0.3 is 11.1 Å². The standard InChI is InChI=1S/C12H19FN2/c1-2-11(15-8-7-14)9-10-5-3-4-6-12(10)13/h3-6,11,15H,2,7-9,14H2,1H3. The van der Waals surface area contributed by atoms with Crippen molar-refractivity contribution in [2.75, 3.05) is 13.1 Å². The van der Waals surface area contributed by atoms with E-state index in [9.17, 15) is 4.39 Å². The molecule has 2 nitrogen and oxygen atoms in total. The number of hydrogen-bond donors (Lipinski definition) is 2. The normalized spacial score (nSPS) is 12.7. The fourth-order valence-electron chi connectivity index (χ4n) is 1.58. The molecule has 0 bridgehead atoms. The number of halogens is 1. The molecule has 0 amide bonds. The Morgan fingerprint density at radius 3 is 2.73 bits per heavy atom. The average Bonchev–Trinajstić information content (AvgIpc) is 2.26. The van der Waals surface area contributed by atoms with Gasteiger partial charge in [-0.2, -0.15) is 0 Å². The second-order valence-corrected chi connectivity index (χ2v) is 3.64. The van der Waals surface area contributed by atoms with Crippen LogP contribution in [-0.2, 0) is 6.42 Å². The molecule has 15 heavy (non-hydrogen) atoms. The molecule has 0 saturated carbocycles. The van der Waals surface area contributed by atoms with Crippen LogP contribution < -0.4 is 11.1 Å². The largest absolute Gasteiger partial charge is 0.329 e. The summed E-state index contributed by atoms with van der Waals surface area (Å²) in [6.45, 7) is 3.50. The van der Waals surface area contributed by atoms with Crippen LogP contribution in [-0.4, -0.2) is 19.1 Å². The Morgan fingerprint density at radius 1 is 1.40 bits per heavy atom. The first-order valence-electron chi connectivity index (χ1n) is 5.44. The Bertz CT molecular complexity index is 289. The molecule has 0 aliphatic rings. The summed E-state index contributed by atoms with van der Waals surface area (Å²) in [4.78, 5) is 0. The van der Waals surface area contributed by atoms with E-state index in [1.165, 1.54) is 6.07 Å². The molecule has 3 heteroatoms. The van der Waals surface area contributed by atoms with Crippen LogP contribution in [0.4, 0.5) is 4.39 Å². The summed E-state index contributed by atoms with van der Waals surface area (Å²) < 4.78 is 13.4. The molecule has 0 fully saturated rings. The van der Waals surface area contributed by atoms with Crippen LogP contribution in [0.1, 0.15) is 18.9 Å². The fourth-order valence-corrected chi connectivity index (χ4v) is 1.58. The van der Waals surface area contributed by atoms with Crippen LogP contribution in [0.2, 0.25) is 0 Å². The molecule has 1 aromatic carbocycles. The van der Waals surface area contributed by atoms with Crippen molar-refractivity contribution >= 4 is 0 Å². The molecule has 1 unspecified atom stereocenters. The summed E-state index contributed by atoms with van der Waals surface area (Å²) in [6, 6.07) is 7.24. The Labute approximate surface area is 90.7 Å². The molecular weight excluding hydrogens is 191 g/mol. The summed E-state index contributed by atoms with van der Waals surface area (Å²) >= 11 is 0. The van der Waals surface area contributed by atoms with E-state index in [4.69, 9.17) is 5.73 Å². The van der Waals surface area contributed by atoms with Gasteiger partial charge in [-0.25, -0.2) is 4.39 Å². The zero-order chi connectivity index (χ0) is 11.1. The minimum Gasteiger partial charge on any atom is -0.329 e. The summed E-state index contributed by atoms with van der Waals surface area (Å²) in [5.41, 5.74) is 6.19. The van der Waals surface area contributed by atoms with Crippen molar-refractivity contribution in [2.45, 2.75) is 25.8 Å². The topological polar surface area (TPSA) is 38.0 Å². The van der Waals surface area contributed by atoms with Crippen molar-refractivity contribution in [3.05, 3.63) is 35.6 Å². The van der Waals surface area contributed by atoms with Gasteiger partial charge in [-0.1, -0.05) is 25.1 Å².